The molecule has 1 unspecified atom stereocenters. The van der Waals surface area contributed by atoms with E-state index < -0.39 is 10.0 Å². The van der Waals surface area contributed by atoms with Crippen LogP contribution in [0.5, 0.6) is 5.75 Å². The van der Waals surface area contributed by atoms with Gasteiger partial charge in [0.25, 0.3) is 10.0 Å². The standard InChI is InChI=1S/C20H26N2O4S2/c1-3-26-18-7-4-6-17(14-18)15(2)21-20(23)16-9-11-22(12-10-16)28(24,25)19-8-5-13-27-19/h4-8,13-16H,3,9-12H2,1-2H3,(H,21,23). The third-order valence-corrected chi connectivity index (χ3v) is 8.21. The fraction of sp³-hybridized carbons (Fsp3) is 0.450. The summed E-state index contributed by atoms with van der Waals surface area (Å²) in [6.45, 7) is 5.21. The van der Waals surface area contributed by atoms with Crippen molar-refractivity contribution in [2.45, 2.75) is 36.9 Å². The molecule has 2 heterocycles. The number of hydrogen-bond donors (Lipinski definition) is 1. The average molecular weight is 423 g/mol. The van der Waals surface area contributed by atoms with Crippen LogP contribution in [0.1, 0.15) is 38.3 Å². The Morgan fingerprint density at radius 2 is 2.04 bits per heavy atom. The summed E-state index contributed by atoms with van der Waals surface area (Å²) in [5.74, 6) is 0.586. The summed E-state index contributed by atoms with van der Waals surface area (Å²) in [5.41, 5.74) is 0.983. The van der Waals surface area contributed by atoms with Crippen molar-refractivity contribution in [1.82, 2.24) is 9.62 Å². The lowest BCUT2D eigenvalue weighted by molar-refractivity contribution is -0.126. The summed E-state index contributed by atoms with van der Waals surface area (Å²) in [5, 5.41) is 4.81. The molecular formula is C20H26N2O4S2. The highest BCUT2D eigenvalue weighted by molar-refractivity contribution is 7.91. The third-order valence-electron chi connectivity index (χ3n) is 4.94. The fourth-order valence-electron chi connectivity index (χ4n) is 3.35. The predicted octanol–water partition coefficient (Wildman–Crippen LogP) is 3.42. The van der Waals surface area contributed by atoms with Gasteiger partial charge in [-0.1, -0.05) is 18.2 Å². The quantitative estimate of drug-likeness (QED) is 0.742. The second-order valence-electron chi connectivity index (χ2n) is 6.85. The summed E-state index contributed by atoms with van der Waals surface area (Å²) < 4.78 is 32.6. The molecule has 3 rings (SSSR count). The van der Waals surface area contributed by atoms with Crippen LogP contribution in [0.4, 0.5) is 0 Å². The number of sulfonamides is 1. The maximum absolute atomic E-state index is 12.7. The van der Waals surface area contributed by atoms with Gasteiger partial charge in [-0.3, -0.25) is 4.79 Å². The number of carbonyl (C=O) groups is 1. The molecule has 0 saturated carbocycles. The van der Waals surface area contributed by atoms with Crippen molar-refractivity contribution < 1.29 is 17.9 Å². The summed E-state index contributed by atoms with van der Waals surface area (Å²) in [4.78, 5) is 12.7. The molecule has 1 aromatic heterocycles. The minimum atomic E-state index is -3.44. The first-order valence-electron chi connectivity index (χ1n) is 9.48. The van der Waals surface area contributed by atoms with Gasteiger partial charge in [0.1, 0.15) is 9.96 Å². The maximum Gasteiger partial charge on any atom is 0.252 e. The zero-order valence-corrected chi connectivity index (χ0v) is 17.8. The van der Waals surface area contributed by atoms with E-state index in [2.05, 4.69) is 5.32 Å². The Hall–Kier alpha value is -1.90. The highest BCUT2D eigenvalue weighted by Crippen LogP contribution is 2.27. The minimum absolute atomic E-state index is 0.0255. The molecule has 6 nitrogen and oxygen atoms in total. The SMILES string of the molecule is CCOc1cccc(C(C)NC(=O)C2CCN(S(=O)(=O)c3cccs3)CC2)c1. The van der Waals surface area contributed by atoms with Crippen LogP contribution in [0.25, 0.3) is 0 Å². The molecule has 1 atom stereocenters. The normalized spacial score (nSPS) is 17.2. The maximum atomic E-state index is 12.7. The summed E-state index contributed by atoms with van der Waals surface area (Å²) >= 11 is 1.22. The molecular weight excluding hydrogens is 396 g/mol. The van der Waals surface area contributed by atoms with E-state index in [-0.39, 0.29) is 17.9 Å². The second kappa shape index (κ2) is 9.07. The van der Waals surface area contributed by atoms with Gasteiger partial charge in [0, 0.05) is 19.0 Å². The van der Waals surface area contributed by atoms with Gasteiger partial charge in [0.05, 0.1) is 12.6 Å². The van der Waals surface area contributed by atoms with Gasteiger partial charge in [0.15, 0.2) is 0 Å². The number of nitrogens with zero attached hydrogens (tertiary/aromatic N) is 1. The number of hydrogen-bond acceptors (Lipinski definition) is 5. The van der Waals surface area contributed by atoms with Crippen LogP contribution < -0.4 is 10.1 Å². The van der Waals surface area contributed by atoms with Gasteiger partial charge in [-0.2, -0.15) is 4.31 Å². The number of benzene rings is 1. The molecule has 152 valence electrons. The highest BCUT2D eigenvalue weighted by Gasteiger charge is 2.32. The number of ether oxygens (including phenoxy) is 1. The van der Waals surface area contributed by atoms with E-state index in [0.29, 0.717) is 36.7 Å². The number of amides is 1. The summed E-state index contributed by atoms with van der Waals surface area (Å²) in [6.07, 6.45) is 1.06. The topological polar surface area (TPSA) is 75.7 Å². The molecule has 1 amide bonds. The Morgan fingerprint density at radius 1 is 1.29 bits per heavy atom. The minimum Gasteiger partial charge on any atom is -0.494 e. The molecule has 0 radical (unpaired) electrons. The van der Waals surface area contributed by atoms with Crippen LogP contribution in [-0.2, 0) is 14.8 Å². The van der Waals surface area contributed by atoms with E-state index in [9.17, 15) is 13.2 Å². The zero-order chi connectivity index (χ0) is 20.1. The first-order valence-corrected chi connectivity index (χ1v) is 11.8. The fourth-order valence-corrected chi connectivity index (χ4v) is 5.97. The average Bonchev–Trinajstić information content (AvgIpc) is 3.24. The number of nitrogens with one attached hydrogen (secondary N) is 1. The van der Waals surface area contributed by atoms with E-state index in [4.69, 9.17) is 4.74 Å². The second-order valence-corrected chi connectivity index (χ2v) is 9.96. The van der Waals surface area contributed by atoms with E-state index in [1.54, 1.807) is 17.5 Å². The molecule has 1 aliphatic heterocycles. The number of rotatable bonds is 7. The van der Waals surface area contributed by atoms with E-state index in [1.807, 2.05) is 38.1 Å². The molecule has 0 bridgehead atoms. The first-order chi connectivity index (χ1) is 13.4. The van der Waals surface area contributed by atoms with Gasteiger partial charge in [-0.05, 0) is 55.8 Å². The molecule has 1 aromatic carbocycles. The van der Waals surface area contributed by atoms with Crippen LogP contribution in [0.2, 0.25) is 0 Å². The van der Waals surface area contributed by atoms with E-state index in [0.717, 1.165) is 11.3 Å². The van der Waals surface area contributed by atoms with Crippen molar-refractivity contribution in [3.63, 3.8) is 0 Å². The van der Waals surface area contributed by atoms with Crippen molar-refractivity contribution in [3.8, 4) is 5.75 Å². The van der Waals surface area contributed by atoms with Crippen LogP contribution in [0, 0.1) is 5.92 Å². The Balaban J connectivity index is 1.56. The molecule has 0 aliphatic carbocycles. The number of piperidine rings is 1. The molecule has 2 aromatic rings. The third kappa shape index (κ3) is 4.74. The Morgan fingerprint density at radius 3 is 2.68 bits per heavy atom. The van der Waals surface area contributed by atoms with Crippen LogP contribution in [-0.4, -0.2) is 38.3 Å². The molecule has 1 N–H and O–H groups in total. The smallest absolute Gasteiger partial charge is 0.252 e. The molecule has 1 fully saturated rings. The van der Waals surface area contributed by atoms with Gasteiger partial charge in [-0.15, -0.1) is 11.3 Å². The summed E-state index contributed by atoms with van der Waals surface area (Å²) in [7, 11) is -3.44. The van der Waals surface area contributed by atoms with Crippen molar-refractivity contribution in [3.05, 3.63) is 47.3 Å². The van der Waals surface area contributed by atoms with Crippen LogP contribution >= 0.6 is 11.3 Å². The number of carbonyl (C=O) groups excluding carboxylic acids is 1. The molecule has 8 heteroatoms. The van der Waals surface area contributed by atoms with Crippen LogP contribution in [0.3, 0.4) is 0 Å². The molecule has 1 aliphatic rings. The molecule has 1 saturated heterocycles. The molecule has 28 heavy (non-hydrogen) atoms. The monoisotopic (exact) mass is 422 g/mol. The Bertz CT molecular complexity index is 889. The van der Waals surface area contributed by atoms with Gasteiger partial charge >= 0.3 is 0 Å². The summed E-state index contributed by atoms with van der Waals surface area (Å²) in [6, 6.07) is 10.9. The first kappa shape index (κ1) is 20.8. The largest absolute Gasteiger partial charge is 0.494 e. The lowest BCUT2D eigenvalue weighted by Crippen LogP contribution is -2.43. The van der Waals surface area contributed by atoms with Crippen molar-refractivity contribution in [2.75, 3.05) is 19.7 Å². The zero-order valence-electron chi connectivity index (χ0n) is 16.1. The lowest BCUT2D eigenvalue weighted by Gasteiger charge is -2.30. The van der Waals surface area contributed by atoms with Crippen molar-refractivity contribution >= 4 is 27.3 Å². The van der Waals surface area contributed by atoms with Crippen molar-refractivity contribution in [1.29, 1.82) is 0 Å². The van der Waals surface area contributed by atoms with E-state index in [1.165, 1.54) is 15.6 Å². The van der Waals surface area contributed by atoms with E-state index >= 15 is 0 Å². The van der Waals surface area contributed by atoms with Crippen molar-refractivity contribution in [2.24, 2.45) is 5.92 Å². The Labute approximate surface area is 170 Å². The number of thiophene rings is 1. The van der Waals surface area contributed by atoms with Gasteiger partial charge in [0.2, 0.25) is 5.91 Å². The Kier molecular flexibility index (Phi) is 6.74. The lowest BCUT2D eigenvalue weighted by atomic mass is 9.96. The predicted molar refractivity (Wildman–Crippen MR) is 110 cm³/mol. The molecule has 0 spiro atoms. The highest BCUT2D eigenvalue weighted by atomic mass is 32.2. The van der Waals surface area contributed by atoms with Gasteiger partial charge < -0.3 is 10.1 Å². The van der Waals surface area contributed by atoms with Crippen LogP contribution in [0.15, 0.2) is 46.0 Å². The van der Waals surface area contributed by atoms with Gasteiger partial charge in [-0.25, -0.2) is 8.42 Å².